The van der Waals surface area contributed by atoms with Crippen molar-refractivity contribution >= 4 is 5.69 Å². The second kappa shape index (κ2) is 7.30. The molecule has 3 nitrogen and oxygen atoms in total. The molecule has 3 heteroatoms. The van der Waals surface area contributed by atoms with Crippen molar-refractivity contribution in [2.24, 2.45) is 5.92 Å². The van der Waals surface area contributed by atoms with E-state index in [-0.39, 0.29) is 6.10 Å². The second-order valence-corrected chi connectivity index (χ2v) is 4.65. The van der Waals surface area contributed by atoms with Gasteiger partial charge < -0.3 is 15.2 Å². The van der Waals surface area contributed by atoms with Gasteiger partial charge in [0.05, 0.1) is 19.3 Å². The molecule has 0 radical (unpaired) electrons. The molecule has 1 rings (SSSR count). The van der Waals surface area contributed by atoms with Crippen molar-refractivity contribution in [1.29, 1.82) is 0 Å². The Morgan fingerprint density at radius 3 is 2.29 bits per heavy atom. The third kappa shape index (κ3) is 5.71. The highest BCUT2D eigenvalue weighted by molar-refractivity contribution is 5.39. The quantitative estimate of drug-likeness (QED) is 0.585. The molecule has 0 saturated heterocycles. The lowest BCUT2D eigenvalue weighted by atomic mass is 10.1. The number of hydrogen-bond acceptors (Lipinski definition) is 3. The van der Waals surface area contributed by atoms with E-state index in [1.165, 1.54) is 0 Å². The molecular weight excluding hydrogens is 214 g/mol. The maximum absolute atomic E-state index is 5.68. The highest BCUT2D eigenvalue weighted by Crippen LogP contribution is 2.17. The summed E-state index contributed by atoms with van der Waals surface area (Å²) in [4.78, 5) is 0. The molecule has 96 valence electrons. The zero-order valence-electron chi connectivity index (χ0n) is 11.0. The van der Waals surface area contributed by atoms with E-state index in [1.807, 2.05) is 31.2 Å². The minimum Gasteiger partial charge on any atom is -0.399 e. The Morgan fingerprint density at radius 2 is 1.71 bits per heavy atom. The zero-order valence-corrected chi connectivity index (χ0v) is 11.0. The Bertz CT molecular complexity index is 309. The number of nitrogen functional groups attached to an aromatic ring is 1. The van der Waals surface area contributed by atoms with Crippen LogP contribution in [0.3, 0.4) is 0 Å². The van der Waals surface area contributed by atoms with Crippen LogP contribution in [0.5, 0.6) is 0 Å². The Balaban J connectivity index is 2.21. The van der Waals surface area contributed by atoms with Gasteiger partial charge in [-0.25, -0.2) is 0 Å². The molecule has 1 atom stereocenters. The van der Waals surface area contributed by atoms with Crippen LogP contribution in [0.2, 0.25) is 0 Å². The van der Waals surface area contributed by atoms with E-state index < -0.39 is 0 Å². The van der Waals surface area contributed by atoms with Gasteiger partial charge in [0, 0.05) is 12.3 Å². The molecule has 1 unspecified atom stereocenters. The summed E-state index contributed by atoms with van der Waals surface area (Å²) in [5.74, 6) is 0.574. The third-order valence-electron chi connectivity index (χ3n) is 2.45. The second-order valence-electron chi connectivity index (χ2n) is 4.65. The van der Waals surface area contributed by atoms with Crippen LogP contribution >= 0.6 is 0 Å². The van der Waals surface area contributed by atoms with Gasteiger partial charge in [-0.05, 0) is 30.5 Å². The Hall–Kier alpha value is -1.06. The van der Waals surface area contributed by atoms with Gasteiger partial charge in [-0.3, -0.25) is 0 Å². The molecule has 0 aliphatic heterocycles. The van der Waals surface area contributed by atoms with Crippen molar-refractivity contribution in [3.63, 3.8) is 0 Å². The number of hydrogen-bond donors (Lipinski definition) is 1. The van der Waals surface area contributed by atoms with Crippen LogP contribution in [-0.2, 0) is 9.47 Å². The summed E-state index contributed by atoms with van der Waals surface area (Å²) in [6, 6.07) is 7.78. The molecule has 0 saturated carbocycles. The van der Waals surface area contributed by atoms with Crippen molar-refractivity contribution in [3.8, 4) is 0 Å². The van der Waals surface area contributed by atoms with Gasteiger partial charge in [-0.2, -0.15) is 0 Å². The summed E-state index contributed by atoms with van der Waals surface area (Å²) >= 11 is 0. The molecule has 17 heavy (non-hydrogen) atoms. The maximum Gasteiger partial charge on any atom is 0.0798 e. The normalized spacial score (nSPS) is 12.9. The lowest BCUT2D eigenvalue weighted by Gasteiger charge is -2.14. The van der Waals surface area contributed by atoms with Gasteiger partial charge >= 0.3 is 0 Å². The Morgan fingerprint density at radius 1 is 1.06 bits per heavy atom. The number of ether oxygens (including phenoxy) is 2. The number of nitrogens with two attached hydrogens (primary N) is 1. The number of rotatable bonds is 7. The van der Waals surface area contributed by atoms with Crippen LogP contribution in [0.25, 0.3) is 0 Å². The first-order valence-electron chi connectivity index (χ1n) is 6.14. The number of anilines is 1. The van der Waals surface area contributed by atoms with E-state index in [9.17, 15) is 0 Å². The zero-order chi connectivity index (χ0) is 12.7. The fourth-order valence-electron chi connectivity index (χ4n) is 1.47. The lowest BCUT2D eigenvalue weighted by molar-refractivity contribution is 0.00542. The first kappa shape index (κ1) is 14.0. The molecule has 2 N–H and O–H groups in total. The van der Waals surface area contributed by atoms with Gasteiger partial charge in [-0.15, -0.1) is 0 Å². The fourth-order valence-corrected chi connectivity index (χ4v) is 1.47. The van der Waals surface area contributed by atoms with E-state index in [1.54, 1.807) is 0 Å². The first-order chi connectivity index (χ1) is 8.09. The van der Waals surface area contributed by atoms with E-state index in [0.29, 0.717) is 19.1 Å². The summed E-state index contributed by atoms with van der Waals surface area (Å²) in [6.07, 6.45) is 0.0817. The third-order valence-corrected chi connectivity index (χ3v) is 2.45. The lowest BCUT2D eigenvalue weighted by Crippen LogP contribution is -2.10. The highest BCUT2D eigenvalue weighted by atomic mass is 16.5. The average Bonchev–Trinajstić information content (AvgIpc) is 2.29. The summed E-state index contributed by atoms with van der Waals surface area (Å²) in [5, 5.41) is 0. The van der Waals surface area contributed by atoms with Crippen molar-refractivity contribution in [2.75, 3.05) is 25.6 Å². The predicted octanol–water partition coefficient (Wildman–Crippen LogP) is 3.02. The molecule has 0 spiro atoms. The van der Waals surface area contributed by atoms with Gasteiger partial charge in [0.25, 0.3) is 0 Å². The largest absolute Gasteiger partial charge is 0.399 e. The molecule has 0 bridgehead atoms. The van der Waals surface area contributed by atoms with Gasteiger partial charge in [-0.1, -0.05) is 26.0 Å². The minimum absolute atomic E-state index is 0.0817. The van der Waals surface area contributed by atoms with Crippen LogP contribution in [0.1, 0.15) is 32.4 Å². The molecule has 0 amide bonds. The van der Waals surface area contributed by atoms with Gasteiger partial charge in [0.1, 0.15) is 0 Å². The van der Waals surface area contributed by atoms with E-state index >= 15 is 0 Å². The van der Waals surface area contributed by atoms with Gasteiger partial charge in [0.2, 0.25) is 0 Å². The van der Waals surface area contributed by atoms with Crippen molar-refractivity contribution in [1.82, 2.24) is 0 Å². The van der Waals surface area contributed by atoms with Crippen molar-refractivity contribution < 1.29 is 9.47 Å². The maximum atomic E-state index is 5.68. The Kier molecular flexibility index (Phi) is 6.01. The molecule has 0 heterocycles. The van der Waals surface area contributed by atoms with Gasteiger partial charge in [0.15, 0.2) is 0 Å². The molecular formula is C14H23NO2. The molecule has 0 aliphatic rings. The van der Waals surface area contributed by atoms with Crippen LogP contribution in [0.4, 0.5) is 5.69 Å². The monoisotopic (exact) mass is 237 g/mol. The highest BCUT2D eigenvalue weighted by Gasteiger charge is 2.05. The fraction of sp³-hybridized carbons (Fsp3) is 0.571. The molecule has 0 aliphatic carbocycles. The summed E-state index contributed by atoms with van der Waals surface area (Å²) in [5.41, 5.74) is 7.55. The standard InChI is InChI=1S/C14H23NO2/c1-11(2)10-16-8-9-17-12(3)13-4-6-14(15)7-5-13/h4-7,11-12H,8-10,15H2,1-3H3. The van der Waals surface area contributed by atoms with Crippen molar-refractivity contribution in [3.05, 3.63) is 29.8 Å². The topological polar surface area (TPSA) is 44.5 Å². The van der Waals surface area contributed by atoms with E-state index in [2.05, 4.69) is 13.8 Å². The number of benzene rings is 1. The molecule has 0 fully saturated rings. The van der Waals surface area contributed by atoms with Crippen LogP contribution in [0.15, 0.2) is 24.3 Å². The molecule has 1 aromatic carbocycles. The average molecular weight is 237 g/mol. The molecule has 0 aromatic heterocycles. The molecule has 1 aromatic rings. The van der Waals surface area contributed by atoms with Crippen LogP contribution in [0, 0.1) is 5.92 Å². The summed E-state index contributed by atoms with van der Waals surface area (Å²) in [7, 11) is 0. The van der Waals surface area contributed by atoms with Crippen LogP contribution < -0.4 is 5.73 Å². The van der Waals surface area contributed by atoms with E-state index in [4.69, 9.17) is 15.2 Å². The SMILES string of the molecule is CC(C)COCCOC(C)c1ccc(N)cc1. The van der Waals surface area contributed by atoms with E-state index in [0.717, 1.165) is 17.9 Å². The summed E-state index contributed by atoms with van der Waals surface area (Å²) < 4.78 is 11.1. The Labute approximate surface area is 104 Å². The van der Waals surface area contributed by atoms with Crippen LogP contribution in [-0.4, -0.2) is 19.8 Å². The smallest absolute Gasteiger partial charge is 0.0798 e. The first-order valence-corrected chi connectivity index (χ1v) is 6.14. The summed E-state index contributed by atoms with van der Waals surface area (Å²) in [6.45, 7) is 8.37. The minimum atomic E-state index is 0.0817. The predicted molar refractivity (Wildman–Crippen MR) is 70.9 cm³/mol. The van der Waals surface area contributed by atoms with Crippen molar-refractivity contribution in [2.45, 2.75) is 26.9 Å².